The summed E-state index contributed by atoms with van der Waals surface area (Å²) in [6, 6.07) is 73.3. The van der Waals surface area contributed by atoms with Gasteiger partial charge in [0.1, 0.15) is 22.3 Å². The third kappa shape index (κ3) is 6.00. The summed E-state index contributed by atoms with van der Waals surface area (Å²) in [6.07, 6.45) is 0. The van der Waals surface area contributed by atoms with E-state index in [9.17, 15) is 0 Å². The summed E-state index contributed by atoms with van der Waals surface area (Å²) in [6.45, 7) is 29.3. The Kier molecular flexibility index (Phi) is 9.73. The summed E-state index contributed by atoms with van der Waals surface area (Å²) in [5.74, 6) is 0. The quantitative estimate of drug-likeness (QED) is 0.164. The molecule has 14 aromatic rings. The highest BCUT2D eigenvalue weighted by Crippen LogP contribution is 2.64. The maximum atomic E-state index is 7.33. The van der Waals surface area contributed by atoms with Crippen LogP contribution in [-0.4, -0.2) is 0 Å². The van der Waals surface area contributed by atoms with Crippen molar-refractivity contribution < 1.29 is 8.83 Å². The van der Waals surface area contributed by atoms with E-state index in [1.807, 2.05) is 0 Å². The minimum atomic E-state index is -0.0365. The fourth-order valence-corrected chi connectivity index (χ4v) is 16.3. The summed E-state index contributed by atoms with van der Waals surface area (Å²) >= 11 is 0. The molecule has 0 spiro atoms. The van der Waals surface area contributed by atoms with Gasteiger partial charge in [0.15, 0.2) is 0 Å². The summed E-state index contributed by atoms with van der Waals surface area (Å²) < 4.78 is 14.7. The first-order chi connectivity index (χ1) is 39.3. The zero-order valence-electron chi connectivity index (χ0n) is 49.3. The molecule has 0 saturated carbocycles. The van der Waals surface area contributed by atoms with Gasteiger partial charge < -0.3 is 8.83 Å². The second-order valence-electron chi connectivity index (χ2n) is 27.5. The van der Waals surface area contributed by atoms with Gasteiger partial charge in [-0.15, -0.1) is 0 Å². The number of fused-ring (bicyclic) bond motifs is 15. The second-order valence-corrected chi connectivity index (χ2v) is 27.5. The highest BCUT2D eigenvalue weighted by molar-refractivity contribution is 6.37. The third-order valence-corrected chi connectivity index (χ3v) is 23.0. The summed E-state index contributed by atoms with van der Waals surface area (Å²) in [5, 5.41) is 16.3. The van der Waals surface area contributed by atoms with Crippen LogP contribution in [0.1, 0.15) is 105 Å². The van der Waals surface area contributed by atoms with Crippen molar-refractivity contribution in [2.45, 2.75) is 105 Å². The number of benzene rings is 12. The van der Waals surface area contributed by atoms with Crippen LogP contribution in [0.4, 0.5) is 0 Å². The molecule has 0 saturated heterocycles. The van der Waals surface area contributed by atoms with Crippen LogP contribution in [0.15, 0.2) is 203 Å². The number of hydrogen-bond acceptors (Lipinski definition) is 2. The standard InChI is InChI=1S/C80H68O2/c1-75(2)60-39-37-45(43-62(60)77(5,6)79(75,9)10)66-48-25-13-17-29-52(48)69(53-30-18-14-26-49(53)66)58-41-47-42-59(74-72(57-34-22-24-36-65(57)82-74)68(47)71-56-33-21-23-35-64(56)81-73(58)71)70-54-31-19-15-27-50(54)67(51-28-16-20-32-55(51)70)46-38-40-61-63(44-46)78(7,8)80(11,12)76(61,3)4/h13-44H,1-12H3. The lowest BCUT2D eigenvalue weighted by atomic mass is 9.59. The van der Waals surface area contributed by atoms with E-state index in [1.165, 1.54) is 98.7 Å². The maximum Gasteiger partial charge on any atom is 0.143 e. The van der Waals surface area contributed by atoms with Crippen LogP contribution in [0.3, 0.4) is 0 Å². The SMILES string of the molecule is CC1(C)c2ccc(-c3c4ccccc4c(-c4cc5cc(-c6c7ccccc7c(-c7ccc8c(c7)C(C)(C)C(C)(C)C8(C)C)c7ccccc67)c6oc7ccccc7c6c5c5c4oc4ccccc45)c4ccccc34)cc2C(C)(C)C1(C)C. The minimum absolute atomic E-state index is 0.0136. The van der Waals surface area contributed by atoms with Gasteiger partial charge in [-0.3, -0.25) is 0 Å². The van der Waals surface area contributed by atoms with Gasteiger partial charge >= 0.3 is 0 Å². The van der Waals surface area contributed by atoms with Crippen molar-refractivity contribution in [3.8, 4) is 44.5 Å². The third-order valence-electron chi connectivity index (χ3n) is 23.0. The van der Waals surface area contributed by atoms with E-state index < -0.39 is 0 Å². The number of hydrogen-bond donors (Lipinski definition) is 0. The molecule has 2 aromatic heterocycles. The normalized spacial score (nSPS) is 17.4. The van der Waals surface area contributed by atoms with Crippen LogP contribution in [-0.2, 0) is 21.7 Å². The molecule has 2 nitrogen and oxygen atoms in total. The molecule has 12 aromatic carbocycles. The zero-order valence-corrected chi connectivity index (χ0v) is 49.3. The molecule has 0 radical (unpaired) electrons. The van der Waals surface area contributed by atoms with Crippen molar-refractivity contribution in [1.29, 1.82) is 0 Å². The molecule has 0 bridgehead atoms. The molecule has 400 valence electrons. The predicted octanol–water partition coefficient (Wildman–Crippen LogP) is 23.1. The Hall–Kier alpha value is -8.46. The van der Waals surface area contributed by atoms with Crippen molar-refractivity contribution in [3.63, 3.8) is 0 Å². The van der Waals surface area contributed by atoms with Crippen LogP contribution in [0.5, 0.6) is 0 Å². The van der Waals surface area contributed by atoms with Gasteiger partial charge in [-0.25, -0.2) is 0 Å². The number of rotatable bonds is 4. The minimum Gasteiger partial charge on any atom is -0.455 e. The number of para-hydroxylation sites is 2. The molecule has 0 fully saturated rings. The van der Waals surface area contributed by atoms with Crippen molar-refractivity contribution >= 4 is 97.7 Å². The van der Waals surface area contributed by atoms with Crippen molar-refractivity contribution in [1.82, 2.24) is 0 Å². The topological polar surface area (TPSA) is 26.3 Å². The zero-order chi connectivity index (χ0) is 56.4. The van der Waals surface area contributed by atoms with Gasteiger partial charge in [0.2, 0.25) is 0 Å². The molecule has 16 rings (SSSR count). The maximum absolute atomic E-state index is 7.33. The highest BCUT2D eigenvalue weighted by Gasteiger charge is 2.58. The molecule has 82 heavy (non-hydrogen) atoms. The summed E-state index contributed by atoms with van der Waals surface area (Å²) in [5.41, 5.74) is 18.9. The molecule has 2 heterocycles. The highest BCUT2D eigenvalue weighted by atomic mass is 16.3. The molecule has 0 unspecified atom stereocenters. The molecule has 2 aliphatic rings. The lowest BCUT2D eigenvalue weighted by molar-refractivity contribution is 0.125. The molecule has 0 atom stereocenters. The van der Waals surface area contributed by atoms with Crippen LogP contribution in [0.2, 0.25) is 0 Å². The average Bonchev–Trinajstić information content (AvgIpc) is 1.64. The van der Waals surface area contributed by atoms with Crippen LogP contribution in [0.25, 0.3) is 142 Å². The van der Waals surface area contributed by atoms with Gasteiger partial charge in [-0.05, 0) is 150 Å². The predicted molar refractivity (Wildman–Crippen MR) is 350 cm³/mol. The van der Waals surface area contributed by atoms with Gasteiger partial charge in [0.25, 0.3) is 0 Å². The Morgan fingerprint density at radius 2 is 0.537 bits per heavy atom. The van der Waals surface area contributed by atoms with E-state index in [-0.39, 0.29) is 32.5 Å². The first-order valence-corrected chi connectivity index (χ1v) is 29.7. The van der Waals surface area contributed by atoms with E-state index in [0.29, 0.717) is 0 Å². The Morgan fingerprint density at radius 1 is 0.256 bits per heavy atom. The first kappa shape index (κ1) is 49.4. The van der Waals surface area contributed by atoms with E-state index in [0.717, 1.165) is 65.8 Å². The van der Waals surface area contributed by atoms with Gasteiger partial charge in [0, 0.05) is 49.2 Å². The molecule has 2 heteroatoms. The average molecular weight is 1060 g/mol. The van der Waals surface area contributed by atoms with Gasteiger partial charge in [-0.1, -0.05) is 253 Å². The van der Waals surface area contributed by atoms with Crippen LogP contribution < -0.4 is 0 Å². The number of furan rings is 2. The van der Waals surface area contributed by atoms with E-state index in [4.69, 9.17) is 8.83 Å². The van der Waals surface area contributed by atoms with Gasteiger partial charge in [0.05, 0.1) is 0 Å². The van der Waals surface area contributed by atoms with Crippen molar-refractivity contribution in [3.05, 3.63) is 216 Å². The molecule has 0 amide bonds. The van der Waals surface area contributed by atoms with Crippen molar-refractivity contribution in [2.24, 2.45) is 10.8 Å². The Morgan fingerprint density at radius 3 is 0.866 bits per heavy atom. The van der Waals surface area contributed by atoms with Crippen LogP contribution >= 0.6 is 0 Å². The van der Waals surface area contributed by atoms with Crippen molar-refractivity contribution in [2.75, 3.05) is 0 Å². The summed E-state index contributed by atoms with van der Waals surface area (Å²) in [4.78, 5) is 0. The molecule has 2 aliphatic carbocycles. The molecular weight excluding hydrogens is 993 g/mol. The lowest BCUT2D eigenvalue weighted by Gasteiger charge is -2.44. The van der Waals surface area contributed by atoms with E-state index >= 15 is 0 Å². The fourth-order valence-electron chi connectivity index (χ4n) is 16.3. The Bertz CT molecular complexity index is 4720. The fraction of sp³-hybridized carbons (Fsp3) is 0.225. The summed E-state index contributed by atoms with van der Waals surface area (Å²) in [7, 11) is 0. The molecular formula is C80H68O2. The first-order valence-electron chi connectivity index (χ1n) is 29.7. The smallest absolute Gasteiger partial charge is 0.143 e. The second kappa shape index (κ2) is 16.2. The Balaban J connectivity index is 1.02. The monoisotopic (exact) mass is 1060 g/mol. The molecule has 0 aliphatic heterocycles. The lowest BCUT2D eigenvalue weighted by Crippen LogP contribution is -2.42. The van der Waals surface area contributed by atoms with E-state index in [1.54, 1.807) is 0 Å². The molecule has 0 N–H and O–H groups in total. The van der Waals surface area contributed by atoms with Crippen LogP contribution in [0, 0.1) is 10.8 Å². The van der Waals surface area contributed by atoms with Gasteiger partial charge in [-0.2, -0.15) is 0 Å². The van der Waals surface area contributed by atoms with E-state index in [2.05, 4.69) is 277 Å². The Labute approximate surface area is 480 Å². The largest absolute Gasteiger partial charge is 0.455 e.